The molecule has 0 aliphatic heterocycles. The van der Waals surface area contributed by atoms with Gasteiger partial charge in [-0.2, -0.15) is 0 Å². The van der Waals surface area contributed by atoms with E-state index in [1.807, 2.05) is 0 Å². The minimum absolute atomic E-state index is 0.000112. The van der Waals surface area contributed by atoms with Crippen molar-refractivity contribution in [2.24, 2.45) is 5.73 Å². The van der Waals surface area contributed by atoms with E-state index in [-0.39, 0.29) is 25.5 Å². The van der Waals surface area contributed by atoms with Crippen LogP contribution in [-0.4, -0.2) is 72.2 Å². The highest BCUT2D eigenvalue weighted by Gasteiger charge is 2.28. The first kappa shape index (κ1) is 16.6. The summed E-state index contributed by atoms with van der Waals surface area (Å²) in [5.41, 5.74) is 11.8. The molecule has 2 aromatic heterocycles. The molecule has 124 valence electrons. The number of carbonyl (C=O) groups is 2. The Morgan fingerprint density at radius 3 is 2.70 bits per heavy atom. The molecule has 6 N–H and O–H groups in total. The Morgan fingerprint density at radius 2 is 2.09 bits per heavy atom. The number of hydrogen-bond donors (Lipinski definition) is 4. The summed E-state index contributed by atoms with van der Waals surface area (Å²) in [5.74, 6) is -1.66. The molecule has 0 aliphatic rings. The van der Waals surface area contributed by atoms with Gasteiger partial charge in [0, 0.05) is 13.1 Å². The maximum absolute atomic E-state index is 12.4. The van der Waals surface area contributed by atoms with Gasteiger partial charge in [-0.15, -0.1) is 0 Å². The number of amides is 1. The van der Waals surface area contributed by atoms with E-state index in [4.69, 9.17) is 16.6 Å². The lowest BCUT2D eigenvalue weighted by atomic mass is 10.2. The van der Waals surface area contributed by atoms with Gasteiger partial charge in [0.1, 0.15) is 18.4 Å². The molecule has 2 rings (SSSR count). The van der Waals surface area contributed by atoms with Crippen molar-refractivity contribution in [2.45, 2.75) is 12.6 Å². The lowest BCUT2D eigenvalue weighted by Crippen LogP contribution is -2.50. The molecule has 1 unspecified atom stereocenters. The first-order valence-electron chi connectivity index (χ1n) is 6.74. The van der Waals surface area contributed by atoms with E-state index in [1.54, 1.807) is 0 Å². The van der Waals surface area contributed by atoms with Crippen molar-refractivity contribution in [3.63, 3.8) is 0 Å². The highest BCUT2D eigenvalue weighted by molar-refractivity contribution is 5.86. The van der Waals surface area contributed by atoms with E-state index >= 15 is 0 Å². The van der Waals surface area contributed by atoms with Gasteiger partial charge in [0.2, 0.25) is 5.91 Å². The topological polar surface area (TPSA) is 173 Å². The fourth-order valence-electron chi connectivity index (χ4n) is 2.15. The summed E-state index contributed by atoms with van der Waals surface area (Å²) in [6, 6.07) is -1.36. The predicted octanol–water partition coefficient (Wildman–Crippen LogP) is -2.36. The second-order valence-electron chi connectivity index (χ2n) is 4.72. The Bertz CT molecular complexity index is 716. The Morgan fingerprint density at radius 1 is 1.35 bits per heavy atom. The first-order valence-corrected chi connectivity index (χ1v) is 6.74. The van der Waals surface area contributed by atoms with Gasteiger partial charge >= 0.3 is 5.97 Å². The maximum atomic E-state index is 12.4. The van der Waals surface area contributed by atoms with Crippen LogP contribution in [0.1, 0.15) is 0 Å². The highest BCUT2D eigenvalue weighted by Crippen LogP contribution is 2.14. The van der Waals surface area contributed by atoms with Gasteiger partial charge < -0.3 is 31.1 Å². The molecule has 2 heterocycles. The number of aliphatic hydroxyl groups is 1. The maximum Gasteiger partial charge on any atom is 0.328 e. The molecule has 1 amide bonds. The van der Waals surface area contributed by atoms with Crippen LogP contribution >= 0.6 is 0 Å². The molecule has 0 spiro atoms. The molecular weight excluding hydrogens is 306 g/mol. The number of nitrogens with zero attached hydrogens (tertiary/aromatic N) is 5. The Kier molecular flexibility index (Phi) is 5.03. The molecule has 11 nitrogen and oxygen atoms in total. The molecule has 0 saturated carbocycles. The zero-order chi connectivity index (χ0) is 17.0. The summed E-state index contributed by atoms with van der Waals surface area (Å²) in [6.45, 7) is -0.854. The standard InChI is InChI=1S/C12H17N7O4/c13-1-2-19(7(4-20)12(22)23)8(21)3-18-6-17-9-10(14)15-5-16-11(9)18/h5-7,20H,1-4,13H2,(H,22,23)(H2,14,15,16). The summed E-state index contributed by atoms with van der Waals surface area (Å²) >= 11 is 0. The van der Waals surface area contributed by atoms with E-state index in [1.165, 1.54) is 17.2 Å². The number of carboxylic acids is 1. The van der Waals surface area contributed by atoms with Crippen LogP contribution in [0.5, 0.6) is 0 Å². The quantitative estimate of drug-likeness (QED) is 0.434. The number of imidazole rings is 1. The monoisotopic (exact) mass is 323 g/mol. The zero-order valence-corrected chi connectivity index (χ0v) is 12.2. The number of nitrogen functional groups attached to an aromatic ring is 1. The smallest absolute Gasteiger partial charge is 0.328 e. The number of aliphatic carboxylic acids is 1. The van der Waals surface area contributed by atoms with Crippen LogP contribution in [0.25, 0.3) is 11.2 Å². The Labute approximate surface area is 130 Å². The van der Waals surface area contributed by atoms with Crippen LogP contribution in [-0.2, 0) is 16.1 Å². The highest BCUT2D eigenvalue weighted by atomic mass is 16.4. The lowest BCUT2D eigenvalue weighted by Gasteiger charge is -2.27. The zero-order valence-electron chi connectivity index (χ0n) is 12.2. The summed E-state index contributed by atoms with van der Waals surface area (Å²) in [7, 11) is 0. The predicted molar refractivity (Wildman–Crippen MR) is 79.0 cm³/mol. The van der Waals surface area contributed by atoms with Crippen molar-refractivity contribution in [3.8, 4) is 0 Å². The third-order valence-corrected chi connectivity index (χ3v) is 3.26. The van der Waals surface area contributed by atoms with Crippen LogP contribution in [0.3, 0.4) is 0 Å². The van der Waals surface area contributed by atoms with Gasteiger partial charge in [0.25, 0.3) is 0 Å². The van der Waals surface area contributed by atoms with Gasteiger partial charge in [0.15, 0.2) is 17.5 Å². The number of rotatable bonds is 7. The molecular formula is C12H17N7O4. The molecule has 23 heavy (non-hydrogen) atoms. The summed E-state index contributed by atoms with van der Waals surface area (Å²) in [4.78, 5) is 36.4. The number of fused-ring (bicyclic) bond motifs is 1. The Balaban J connectivity index is 2.26. The van der Waals surface area contributed by atoms with Crippen LogP contribution in [0.15, 0.2) is 12.7 Å². The number of aliphatic hydroxyl groups excluding tert-OH is 1. The van der Waals surface area contributed by atoms with E-state index in [0.717, 1.165) is 4.90 Å². The fourth-order valence-corrected chi connectivity index (χ4v) is 2.15. The second-order valence-corrected chi connectivity index (χ2v) is 4.72. The normalized spacial score (nSPS) is 12.3. The number of hydrogen-bond acceptors (Lipinski definition) is 8. The molecule has 0 fully saturated rings. The SMILES string of the molecule is NCCN(C(=O)Cn1cnc2c(N)ncnc21)C(CO)C(=O)O. The van der Waals surface area contributed by atoms with Gasteiger partial charge in [-0.1, -0.05) is 0 Å². The van der Waals surface area contributed by atoms with Crippen LogP contribution in [0.4, 0.5) is 5.82 Å². The third-order valence-electron chi connectivity index (χ3n) is 3.26. The average Bonchev–Trinajstić information content (AvgIpc) is 2.91. The van der Waals surface area contributed by atoms with Crippen molar-refractivity contribution in [2.75, 3.05) is 25.4 Å². The summed E-state index contributed by atoms with van der Waals surface area (Å²) in [6.07, 6.45) is 2.61. The number of anilines is 1. The van der Waals surface area contributed by atoms with Crippen molar-refractivity contribution in [3.05, 3.63) is 12.7 Å². The number of aromatic nitrogens is 4. The van der Waals surface area contributed by atoms with E-state index in [2.05, 4.69) is 15.0 Å². The minimum atomic E-state index is -1.36. The van der Waals surface area contributed by atoms with E-state index in [9.17, 15) is 14.7 Å². The van der Waals surface area contributed by atoms with Crippen molar-refractivity contribution >= 4 is 28.9 Å². The number of nitrogens with two attached hydrogens (primary N) is 2. The largest absolute Gasteiger partial charge is 0.480 e. The molecule has 0 saturated heterocycles. The summed E-state index contributed by atoms with van der Waals surface area (Å²) < 4.78 is 1.43. The van der Waals surface area contributed by atoms with Gasteiger partial charge in [0.05, 0.1) is 12.9 Å². The minimum Gasteiger partial charge on any atom is -0.480 e. The molecule has 0 aromatic carbocycles. The molecule has 0 aliphatic carbocycles. The molecule has 1 atom stereocenters. The molecule has 2 aromatic rings. The first-order chi connectivity index (χ1) is 11.0. The van der Waals surface area contributed by atoms with Crippen molar-refractivity contribution in [1.82, 2.24) is 24.4 Å². The third kappa shape index (κ3) is 3.35. The van der Waals surface area contributed by atoms with Gasteiger partial charge in [-0.05, 0) is 0 Å². The Hall–Kier alpha value is -2.79. The fraction of sp³-hybridized carbons (Fsp3) is 0.417. The van der Waals surface area contributed by atoms with Crippen LogP contribution in [0, 0.1) is 0 Å². The van der Waals surface area contributed by atoms with Gasteiger partial charge in [-0.25, -0.2) is 19.7 Å². The number of carbonyl (C=O) groups excluding carboxylic acids is 1. The van der Waals surface area contributed by atoms with Crippen LogP contribution < -0.4 is 11.5 Å². The van der Waals surface area contributed by atoms with Crippen molar-refractivity contribution in [1.29, 1.82) is 0 Å². The number of carboxylic acid groups (broad SMARTS) is 1. The van der Waals surface area contributed by atoms with Crippen LogP contribution in [0.2, 0.25) is 0 Å². The van der Waals surface area contributed by atoms with Gasteiger partial charge in [-0.3, -0.25) is 4.79 Å². The van der Waals surface area contributed by atoms with E-state index < -0.39 is 24.5 Å². The van der Waals surface area contributed by atoms with E-state index in [0.29, 0.717) is 11.2 Å². The molecule has 0 bridgehead atoms. The second kappa shape index (κ2) is 6.98. The molecule has 11 heteroatoms. The molecule has 0 radical (unpaired) electrons. The lowest BCUT2D eigenvalue weighted by molar-refractivity contribution is -0.152. The summed E-state index contributed by atoms with van der Waals surface area (Å²) in [5, 5.41) is 18.3. The van der Waals surface area contributed by atoms with Crippen molar-refractivity contribution < 1.29 is 19.8 Å². The average molecular weight is 323 g/mol.